The summed E-state index contributed by atoms with van der Waals surface area (Å²) >= 11 is 3.07. The van der Waals surface area contributed by atoms with Crippen LogP contribution in [0.3, 0.4) is 0 Å². The third kappa shape index (κ3) is 2.68. The summed E-state index contributed by atoms with van der Waals surface area (Å²) in [5.74, 6) is -1.55. The standard InChI is InChI=1S/C13H7FIN3O2S/c14-8-5-6(15)1-3-9(8)16-11-7(13(19)20)2-4-10-12(11)21-18-17-10/h1-5,16H,(H,19,20). The molecule has 106 valence electrons. The van der Waals surface area contributed by atoms with Gasteiger partial charge in [0.15, 0.2) is 0 Å². The van der Waals surface area contributed by atoms with Crippen LogP contribution in [0, 0.1) is 9.39 Å². The topological polar surface area (TPSA) is 75.1 Å². The summed E-state index contributed by atoms with van der Waals surface area (Å²) in [5.41, 5.74) is 1.12. The minimum Gasteiger partial charge on any atom is -0.478 e. The van der Waals surface area contributed by atoms with Gasteiger partial charge < -0.3 is 10.4 Å². The lowest BCUT2D eigenvalue weighted by Gasteiger charge is -2.11. The largest absolute Gasteiger partial charge is 0.478 e. The Balaban J connectivity index is 2.16. The zero-order valence-corrected chi connectivity index (χ0v) is 13.3. The Morgan fingerprint density at radius 1 is 1.33 bits per heavy atom. The molecule has 0 saturated heterocycles. The average molecular weight is 415 g/mol. The van der Waals surface area contributed by atoms with E-state index < -0.39 is 11.8 Å². The molecule has 3 rings (SSSR count). The maximum Gasteiger partial charge on any atom is 0.337 e. The van der Waals surface area contributed by atoms with E-state index in [2.05, 4.69) is 14.9 Å². The fraction of sp³-hybridized carbons (Fsp3) is 0. The van der Waals surface area contributed by atoms with Gasteiger partial charge in [-0.25, -0.2) is 9.18 Å². The van der Waals surface area contributed by atoms with Gasteiger partial charge in [-0.05, 0) is 64.5 Å². The van der Waals surface area contributed by atoms with E-state index in [9.17, 15) is 14.3 Å². The molecular weight excluding hydrogens is 408 g/mol. The summed E-state index contributed by atoms with van der Waals surface area (Å²) in [4.78, 5) is 11.3. The number of nitrogens with zero attached hydrogens (tertiary/aromatic N) is 2. The highest BCUT2D eigenvalue weighted by molar-refractivity contribution is 14.1. The molecule has 0 saturated carbocycles. The van der Waals surface area contributed by atoms with Crippen molar-refractivity contribution in [3.8, 4) is 0 Å². The molecule has 0 unspecified atom stereocenters. The van der Waals surface area contributed by atoms with Gasteiger partial charge in [-0.1, -0.05) is 4.49 Å². The van der Waals surface area contributed by atoms with Crippen LogP contribution < -0.4 is 5.32 Å². The number of carbonyl (C=O) groups is 1. The van der Waals surface area contributed by atoms with Crippen molar-refractivity contribution in [3.63, 3.8) is 0 Å². The molecule has 2 N–H and O–H groups in total. The smallest absolute Gasteiger partial charge is 0.337 e. The second-order valence-corrected chi connectivity index (χ2v) is 6.16. The molecule has 0 fully saturated rings. The molecule has 8 heteroatoms. The molecule has 2 aromatic carbocycles. The Morgan fingerprint density at radius 3 is 2.86 bits per heavy atom. The lowest BCUT2D eigenvalue weighted by atomic mass is 10.1. The van der Waals surface area contributed by atoms with Crippen LogP contribution in [-0.4, -0.2) is 20.7 Å². The molecule has 0 spiro atoms. The predicted molar refractivity (Wildman–Crippen MR) is 86.8 cm³/mol. The van der Waals surface area contributed by atoms with Crippen LogP contribution in [0.5, 0.6) is 0 Å². The highest BCUT2D eigenvalue weighted by atomic mass is 127. The minimum absolute atomic E-state index is 0.0477. The van der Waals surface area contributed by atoms with Crippen molar-refractivity contribution in [2.45, 2.75) is 0 Å². The van der Waals surface area contributed by atoms with Crippen molar-refractivity contribution in [2.24, 2.45) is 0 Å². The lowest BCUT2D eigenvalue weighted by molar-refractivity contribution is 0.0698. The second-order valence-electron chi connectivity index (χ2n) is 4.16. The molecule has 3 aromatic rings. The fourth-order valence-corrected chi connectivity index (χ4v) is 2.99. The highest BCUT2D eigenvalue weighted by Gasteiger charge is 2.17. The van der Waals surface area contributed by atoms with Crippen LogP contribution >= 0.6 is 34.1 Å². The molecule has 0 radical (unpaired) electrons. The van der Waals surface area contributed by atoms with Crippen LogP contribution in [0.4, 0.5) is 15.8 Å². The van der Waals surface area contributed by atoms with Crippen LogP contribution in [-0.2, 0) is 0 Å². The van der Waals surface area contributed by atoms with Gasteiger partial charge in [0.05, 0.1) is 21.6 Å². The van der Waals surface area contributed by atoms with Gasteiger partial charge in [0, 0.05) is 3.57 Å². The predicted octanol–water partition coefficient (Wildman–Crippen LogP) is 3.88. The van der Waals surface area contributed by atoms with Crippen LogP contribution in [0.1, 0.15) is 10.4 Å². The third-order valence-corrected chi connectivity index (χ3v) is 4.27. The van der Waals surface area contributed by atoms with E-state index in [4.69, 9.17) is 0 Å². The summed E-state index contributed by atoms with van der Waals surface area (Å²) in [5, 5.41) is 16.0. The molecule has 1 heterocycles. The SMILES string of the molecule is O=C(O)c1ccc2nnsc2c1Nc1ccc(I)cc1F. The molecule has 0 aliphatic rings. The van der Waals surface area contributed by atoms with Crippen molar-refractivity contribution in [1.29, 1.82) is 0 Å². The first-order valence-electron chi connectivity index (χ1n) is 5.76. The summed E-state index contributed by atoms with van der Waals surface area (Å²) in [6, 6.07) is 7.68. The van der Waals surface area contributed by atoms with Gasteiger partial charge in [0.25, 0.3) is 0 Å². The Bertz CT molecular complexity index is 853. The first kappa shape index (κ1) is 14.1. The van der Waals surface area contributed by atoms with Gasteiger partial charge in [-0.2, -0.15) is 0 Å². The Hall–Kier alpha value is -1.81. The van der Waals surface area contributed by atoms with Gasteiger partial charge >= 0.3 is 5.97 Å². The zero-order chi connectivity index (χ0) is 15.0. The number of hydrogen-bond donors (Lipinski definition) is 2. The number of carboxylic acid groups (broad SMARTS) is 1. The maximum atomic E-state index is 14.0. The van der Waals surface area contributed by atoms with E-state index in [1.54, 1.807) is 18.2 Å². The van der Waals surface area contributed by atoms with Crippen molar-refractivity contribution >= 4 is 61.7 Å². The number of anilines is 2. The van der Waals surface area contributed by atoms with Crippen LogP contribution in [0.2, 0.25) is 0 Å². The van der Waals surface area contributed by atoms with Gasteiger partial charge in [0.1, 0.15) is 11.3 Å². The first-order chi connectivity index (χ1) is 10.1. The zero-order valence-electron chi connectivity index (χ0n) is 10.3. The van der Waals surface area contributed by atoms with E-state index in [0.717, 1.165) is 15.1 Å². The number of carboxylic acids is 1. The average Bonchev–Trinajstić information content (AvgIpc) is 2.90. The number of aromatic nitrogens is 2. The summed E-state index contributed by atoms with van der Waals surface area (Å²) in [7, 11) is 0. The van der Waals surface area contributed by atoms with Crippen molar-refractivity contribution < 1.29 is 14.3 Å². The Kier molecular flexibility index (Phi) is 3.72. The van der Waals surface area contributed by atoms with Crippen molar-refractivity contribution in [2.75, 3.05) is 5.32 Å². The number of aromatic carboxylic acids is 1. The molecule has 5 nitrogen and oxygen atoms in total. The van der Waals surface area contributed by atoms with Gasteiger partial charge in [0.2, 0.25) is 0 Å². The van der Waals surface area contributed by atoms with E-state index in [0.29, 0.717) is 15.9 Å². The number of fused-ring (bicyclic) bond motifs is 1. The minimum atomic E-state index is -1.10. The lowest BCUT2D eigenvalue weighted by Crippen LogP contribution is -2.04. The summed E-state index contributed by atoms with van der Waals surface area (Å²) in [6.45, 7) is 0. The molecule has 0 atom stereocenters. The number of rotatable bonds is 3. The van der Waals surface area contributed by atoms with Crippen molar-refractivity contribution in [1.82, 2.24) is 9.59 Å². The Labute approximate surface area is 136 Å². The van der Waals surface area contributed by atoms with Crippen molar-refractivity contribution in [3.05, 3.63) is 45.3 Å². The van der Waals surface area contributed by atoms with E-state index in [-0.39, 0.29) is 11.3 Å². The number of benzene rings is 2. The molecule has 0 bridgehead atoms. The van der Waals surface area contributed by atoms with E-state index in [1.807, 2.05) is 22.6 Å². The van der Waals surface area contributed by atoms with Crippen LogP contribution in [0.15, 0.2) is 30.3 Å². The molecule has 0 aliphatic carbocycles. The van der Waals surface area contributed by atoms with Gasteiger partial charge in [-0.3, -0.25) is 0 Å². The summed E-state index contributed by atoms with van der Waals surface area (Å²) < 4.78 is 19.1. The number of hydrogen-bond acceptors (Lipinski definition) is 5. The summed E-state index contributed by atoms with van der Waals surface area (Å²) in [6.07, 6.45) is 0. The molecule has 0 amide bonds. The van der Waals surface area contributed by atoms with Crippen LogP contribution in [0.25, 0.3) is 10.2 Å². The maximum absolute atomic E-state index is 14.0. The highest BCUT2D eigenvalue weighted by Crippen LogP contribution is 2.32. The number of nitrogens with one attached hydrogen (secondary N) is 1. The Morgan fingerprint density at radius 2 is 2.14 bits per heavy atom. The molecule has 21 heavy (non-hydrogen) atoms. The monoisotopic (exact) mass is 415 g/mol. The third-order valence-electron chi connectivity index (χ3n) is 2.84. The normalized spacial score (nSPS) is 10.8. The molecule has 0 aliphatic heterocycles. The molecular formula is C13H7FIN3O2S. The van der Waals surface area contributed by atoms with E-state index >= 15 is 0 Å². The quantitative estimate of drug-likeness (QED) is 0.636. The van der Waals surface area contributed by atoms with Gasteiger partial charge in [-0.15, -0.1) is 5.10 Å². The fourth-order valence-electron chi connectivity index (χ4n) is 1.88. The molecule has 1 aromatic heterocycles. The second kappa shape index (κ2) is 5.53. The number of halogens is 2. The first-order valence-corrected chi connectivity index (χ1v) is 7.62. The van der Waals surface area contributed by atoms with E-state index in [1.165, 1.54) is 12.1 Å².